The van der Waals surface area contributed by atoms with Gasteiger partial charge < -0.3 is 16.3 Å². The van der Waals surface area contributed by atoms with Gasteiger partial charge in [-0.3, -0.25) is 5.84 Å². The normalized spacial score (nSPS) is 9.86. The molecule has 0 heterocycles. The molecule has 1 aromatic carbocycles. The van der Waals surface area contributed by atoms with E-state index in [-0.39, 0.29) is 5.56 Å². The SMILES string of the molecule is NCSc1cccc(C(=O)O)c1NN. The standard InChI is InChI=1S/C8H11N3O2S/c9-4-14-6-3-1-2-5(8(12)13)7(6)11-10/h1-3,11H,4,9-10H2,(H,12,13). The second-order valence-corrected chi connectivity index (χ2v) is 3.50. The fraction of sp³-hybridized carbons (Fsp3) is 0.125. The van der Waals surface area contributed by atoms with E-state index < -0.39 is 5.97 Å². The Morgan fingerprint density at radius 3 is 2.79 bits per heavy atom. The van der Waals surface area contributed by atoms with Crippen molar-refractivity contribution in [2.45, 2.75) is 4.90 Å². The van der Waals surface area contributed by atoms with E-state index in [1.807, 2.05) is 0 Å². The van der Waals surface area contributed by atoms with Crippen LogP contribution in [-0.4, -0.2) is 17.0 Å². The molecular formula is C8H11N3O2S. The second kappa shape index (κ2) is 4.85. The van der Waals surface area contributed by atoms with Gasteiger partial charge in [0, 0.05) is 10.8 Å². The van der Waals surface area contributed by atoms with Crippen molar-refractivity contribution in [3.8, 4) is 0 Å². The molecule has 0 bridgehead atoms. The van der Waals surface area contributed by atoms with E-state index >= 15 is 0 Å². The van der Waals surface area contributed by atoms with Crippen molar-refractivity contribution in [3.63, 3.8) is 0 Å². The Hall–Kier alpha value is -1.24. The first-order chi connectivity index (χ1) is 6.70. The molecule has 0 fully saturated rings. The van der Waals surface area contributed by atoms with Crippen LogP contribution in [0.15, 0.2) is 23.1 Å². The Morgan fingerprint density at radius 2 is 2.29 bits per heavy atom. The smallest absolute Gasteiger partial charge is 0.337 e. The molecule has 0 atom stereocenters. The van der Waals surface area contributed by atoms with Crippen molar-refractivity contribution in [2.24, 2.45) is 11.6 Å². The van der Waals surface area contributed by atoms with Crippen LogP contribution in [0.1, 0.15) is 10.4 Å². The molecule has 0 aromatic heterocycles. The van der Waals surface area contributed by atoms with Gasteiger partial charge in [-0.15, -0.1) is 11.8 Å². The summed E-state index contributed by atoms with van der Waals surface area (Å²) in [6, 6.07) is 4.90. The molecular weight excluding hydrogens is 202 g/mol. The van der Waals surface area contributed by atoms with E-state index in [4.69, 9.17) is 16.7 Å². The predicted molar refractivity (Wildman–Crippen MR) is 56.1 cm³/mol. The van der Waals surface area contributed by atoms with Gasteiger partial charge in [0.1, 0.15) is 0 Å². The third-order valence-corrected chi connectivity index (χ3v) is 2.46. The maximum atomic E-state index is 10.8. The van der Waals surface area contributed by atoms with Gasteiger partial charge in [0.05, 0.1) is 11.3 Å². The molecule has 5 nitrogen and oxygen atoms in total. The van der Waals surface area contributed by atoms with Crippen LogP contribution in [0.4, 0.5) is 5.69 Å². The first kappa shape index (κ1) is 10.8. The molecule has 1 rings (SSSR count). The number of thioether (sulfide) groups is 1. The Kier molecular flexibility index (Phi) is 3.75. The average Bonchev–Trinajstić information content (AvgIpc) is 2.18. The van der Waals surface area contributed by atoms with Crippen LogP contribution in [0, 0.1) is 0 Å². The quantitative estimate of drug-likeness (QED) is 0.254. The minimum Gasteiger partial charge on any atom is -0.478 e. The molecule has 1 aromatic rings. The molecule has 76 valence electrons. The highest BCUT2D eigenvalue weighted by Crippen LogP contribution is 2.28. The third kappa shape index (κ3) is 2.16. The van der Waals surface area contributed by atoms with E-state index in [1.165, 1.54) is 17.8 Å². The first-order valence-corrected chi connectivity index (χ1v) is 4.85. The van der Waals surface area contributed by atoms with Crippen molar-refractivity contribution in [1.82, 2.24) is 0 Å². The van der Waals surface area contributed by atoms with Crippen LogP contribution in [-0.2, 0) is 0 Å². The van der Waals surface area contributed by atoms with Gasteiger partial charge in [-0.25, -0.2) is 4.79 Å². The van der Waals surface area contributed by atoms with Gasteiger partial charge >= 0.3 is 5.97 Å². The van der Waals surface area contributed by atoms with Crippen LogP contribution < -0.4 is 17.0 Å². The van der Waals surface area contributed by atoms with Gasteiger partial charge in [0.15, 0.2) is 0 Å². The van der Waals surface area contributed by atoms with Gasteiger partial charge in [0.2, 0.25) is 0 Å². The van der Waals surface area contributed by atoms with E-state index in [0.29, 0.717) is 11.6 Å². The molecule has 0 saturated heterocycles. The van der Waals surface area contributed by atoms with Crippen molar-refractivity contribution in [1.29, 1.82) is 0 Å². The molecule has 14 heavy (non-hydrogen) atoms. The van der Waals surface area contributed by atoms with Crippen molar-refractivity contribution in [2.75, 3.05) is 11.3 Å². The predicted octanol–water partition coefficient (Wildman–Crippen LogP) is 0.679. The zero-order valence-electron chi connectivity index (χ0n) is 7.36. The lowest BCUT2D eigenvalue weighted by atomic mass is 10.2. The summed E-state index contributed by atoms with van der Waals surface area (Å²) in [5.41, 5.74) is 8.27. The molecule has 0 aliphatic heterocycles. The zero-order chi connectivity index (χ0) is 10.6. The molecule has 0 amide bonds. The Balaban J connectivity index is 3.17. The van der Waals surface area contributed by atoms with Crippen LogP contribution in [0.3, 0.4) is 0 Å². The number of nitrogen functional groups attached to an aromatic ring is 1. The Labute approximate surface area is 85.4 Å². The monoisotopic (exact) mass is 213 g/mol. The molecule has 0 unspecified atom stereocenters. The maximum Gasteiger partial charge on any atom is 0.337 e. The molecule has 0 aliphatic rings. The number of carboxylic acid groups (broad SMARTS) is 1. The number of carbonyl (C=O) groups is 1. The number of nitrogens with two attached hydrogens (primary N) is 2. The summed E-state index contributed by atoms with van der Waals surface area (Å²) in [7, 11) is 0. The van der Waals surface area contributed by atoms with Crippen LogP contribution in [0.2, 0.25) is 0 Å². The largest absolute Gasteiger partial charge is 0.478 e. The summed E-state index contributed by atoms with van der Waals surface area (Å²) in [6.07, 6.45) is 0. The minimum atomic E-state index is -1.02. The van der Waals surface area contributed by atoms with Crippen LogP contribution >= 0.6 is 11.8 Å². The zero-order valence-corrected chi connectivity index (χ0v) is 8.17. The summed E-state index contributed by atoms with van der Waals surface area (Å²) in [5.74, 6) is 4.61. The topological polar surface area (TPSA) is 101 Å². The number of nitrogens with one attached hydrogen (secondary N) is 1. The van der Waals surface area contributed by atoms with E-state index in [9.17, 15) is 4.79 Å². The number of benzene rings is 1. The number of carboxylic acids is 1. The number of hydrazine groups is 1. The van der Waals surface area contributed by atoms with Crippen LogP contribution in [0.5, 0.6) is 0 Å². The number of aromatic carboxylic acids is 1. The van der Waals surface area contributed by atoms with Crippen LogP contribution in [0.25, 0.3) is 0 Å². The van der Waals surface area contributed by atoms with Gasteiger partial charge in [-0.05, 0) is 12.1 Å². The Bertz CT molecular complexity index is 343. The van der Waals surface area contributed by atoms with E-state index in [0.717, 1.165) is 4.90 Å². The fourth-order valence-electron chi connectivity index (χ4n) is 1.07. The number of para-hydroxylation sites is 1. The molecule has 0 saturated carbocycles. The molecule has 0 spiro atoms. The van der Waals surface area contributed by atoms with Crippen molar-refractivity contribution >= 4 is 23.4 Å². The average molecular weight is 213 g/mol. The maximum absolute atomic E-state index is 10.8. The molecule has 6 heteroatoms. The van der Waals surface area contributed by atoms with Crippen molar-refractivity contribution < 1.29 is 9.90 Å². The Morgan fingerprint density at radius 1 is 1.57 bits per heavy atom. The van der Waals surface area contributed by atoms with Crippen molar-refractivity contribution in [3.05, 3.63) is 23.8 Å². The highest BCUT2D eigenvalue weighted by Gasteiger charge is 2.12. The number of hydrogen-bond acceptors (Lipinski definition) is 5. The van der Waals surface area contributed by atoms with E-state index in [2.05, 4.69) is 5.43 Å². The number of anilines is 1. The lowest BCUT2D eigenvalue weighted by molar-refractivity contribution is 0.0697. The highest BCUT2D eigenvalue weighted by molar-refractivity contribution is 7.99. The minimum absolute atomic E-state index is 0.144. The summed E-state index contributed by atoms with van der Waals surface area (Å²) < 4.78 is 0. The second-order valence-electron chi connectivity index (χ2n) is 2.44. The summed E-state index contributed by atoms with van der Waals surface area (Å²) in [4.78, 5) is 11.5. The molecule has 6 N–H and O–H groups in total. The fourth-order valence-corrected chi connectivity index (χ4v) is 1.74. The molecule has 0 aliphatic carbocycles. The molecule has 0 radical (unpaired) electrons. The van der Waals surface area contributed by atoms with Gasteiger partial charge in [-0.1, -0.05) is 6.07 Å². The highest BCUT2D eigenvalue weighted by atomic mass is 32.2. The third-order valence-electron chi connectivity index (χ3n) is 1.64. The summed E-state index contributed by atoms with van der Waals surface area (Å²) in [6.45, 7) is 0. The number of hydrogen-bond donors (Lipinski definition) is 4. The van der Waals surface area contributed by atoms with Gasteiger partial charge in [0.25, 0.3) is 0 Å². The summed E-state index contributed by atoms with van der Waals surface area (Å²) in [5, 5.41) is 8.85. The lowest BCUT2D eigenvalue weighted by Crippen LogP contribution is -2.13. The van der Waals surface area contributed by atoms with Gasteiger partial charge in [-0.2, -0.15) is 0 Å². The van der Waals surface area contributed by atoms with E-state index in [1.54, 1.807) is 12.1 Å². The summed E-state index contributed by atoms with van der Waals surface area (Å²) >= 11 is 1.33. The lowest BCUT2D eigenvalue weighted by Gasteiger charge is -2.09. The number of rotatable bonds is 4. The first-order valence-electron chi connectivity index (χ1n) is 3.86.